The molecule has 0 radical (unpaired) electrons. The van der Waals surface area contributed by atoms with Crippen LogP contribution in [0.15, 0.2) is 5.10 Å². The van der Waals surface area contributed by atoms with E-state index in [1.807, 2.05) is 0 Å². The van der Waals surface area contributed by atoms with Crippen molar-refractivity contribution >= 4 is 23.0 Å². The van der Waals surface area contributed by atoms with Crippen molar-refractivity contribution in [2.24, 2.45) is 16.9 Å². The van der Waals surface area contributed by atoms with Gasteiger partial charge in [0.25, 0.3) is 0 Å². The van der Waals surface area contributed by atoms with Gasteiger partial charge >= 0.3 is 0 Å². The minimum Gasteiger partial charge on any atom is -0.379 e. The van der Waals surface area contributed by atoms with E-state index >= 15 is 0 Å². The summed E-state index contributed by atoms with van der Waals surface area (Å²) < 4.78 is 5.34. The van der Waals surface area contributed by atoms with Crippen molar-refractivity contribution in [2.75, 3.05) is 39.4 Å². The molecule has 0 atom stereocenters. The van der Waals surface area contributed by atoms with Crippen molar-refractivity contribution in [3.63, 3.8) is 0 Å². The Kier molecular flexibility index (Phi) is 9.59. The summed E-state index contributed by atoms with van der Waals surface area (Å²) in [6.07, 6.45) is 2.03. The lowest BCUT2D eigenvalue weighted by atomic mass is 9.99. The monoisotopic (exact) mass is 328 g/mol. The first-order valence-corrected chi connectivity index (χ1v) is 8.77. The van der Waals surface area contributed by atoms with E-state index in [1.165, 1.54) is 5.71 Å². The molecule has 1 rings (SSSR count). The summed E-state index contributed by atoms with van der Waals surface area (Å²) in [5.41, 5.74) is 4.19. The van der Waals surface area contributed by atoms with E-state index in [4.69, 9.17) is 17.0 Å². The number of nitrogens with one attached hydrogen (secondary N) is 2. The molecule has 128 valence electrons. The topological polar surface area (TPSA) is 48.9 Å². The number of nitrogens with zero attached hydrogens (tertiary/aromatic N) is 2. The maximum Gasteiger partial charge on any atom is 0.186 e. The van der Waals surface area contributed by atoms with Crippen LogP contribution in [0.4, 0.5) is 0 Å². The van der Waals surface area contributed by atoms with Gasteiger partial charge in [0.05, 0.1) is 13.2 Å². The summed E-state index contributed by atoms with van der Waals surface area (Å²) in [5, 5.41) is 8.33. The van der Waals surface area contributed by atoms with Crippen LogP contribution >= 0.6 is 12.2 Å². The van der Waals surface area contributed by atoms with E-state index in [-0.39, 0.29) is 0 Å². The Hall–Kier alpha value is -0.720. The minimum absolute atomic E-state index is 0.610. The van der Waals surface area contributed by atoms with Crippen LogP contribution in [0.25, 0.3) is 0 Å². The number of hydrogen-bond donors (Lipinski definition) is 2. The third-order valence-electron chi connectivity index (χ3n) is 3.42. The van der Waals surface area contributed by atoms with Crippen LogP contribution < -0.4 is 10.7 Å². The van der Waals surface area contributed by atoms with Gasteiger partial charge in [0.2, 0.25) is 0 Å². The molecule has 22 heavy (non-hydrogen) atoms. The van der Waals surface area contributed by atoms with Gasteiger partial charge in [-0.25, -0.2) is 0 Å². The van der Waals surface area contributed by atoms with Crippen molar-refractivity contribution in [3.05, 3.63) is 0 Å². The molecule has 0 aromatic rings. The third kappa shape index (κ3) is 9.33. The number of hydrazone groups is 1. The SMILES string of the molecule is CC(C)CC(CC(C)C)=NNC(=S)NCCN1CCOCC1. The van der Waals surface area contributed by atoms with Gasteiger partial charge in [0, 0.05) is 31.9 Å². The number of hydrogen-bond acceptors (Lipinski definition) is 4. The van der Waals surface area contributed by atoms with E-state index in [0.29, 0.717) is 16.9 Å². The average molecular weight is 329 g/mol. The fourth-order valence-corrected chi connectivity index (χ4v) is 2.59. The number of thiocarbonyl (C=S) groups is 1. The van der Waals surface area contributed by atoms with Crippen LogP contribution in [-0.4, -0.2) is 55.1 Å². The molecule has 1 saturated heterocycles. The standard InChI is InChI=1S/C16H32N4OS/c1-13(2)11-15(12-14(3)4)18-19-16(22)17-5-6-20-7-9-21-10-8-20/h13-14H,5-12H2,1-4H3,(H2,17,19,22). The van der Waals surface area contributed by atoms with Gasteiger partial charge in [-0.2, -0.15) is 5.10 Å². The molecule has 1 aliphatic rings. The summed E-state index contributed by atoms with van der Waals surface area (Å²) >= 11 is 5.29. The second-order valence-corrected chi connectivity index (χ2v) is 7.10. The highest BCUT2D eigenvalue weighted by atomic mass is 32.1. The predicted molar refractivity (Wildman–Crippen MR) is 97.3 cm³/mol. The zero-order valence-electron chi connectivity index (χ0n) is 14.5. The van der Waals surface area contributed by atoms with Gasteiger partial charge < -0.3 is 10.1 Å². The van der Waals surface area contributed by atoms with Crippen molar-refractivity contribution in [1.82, 2.24) is 15.6 Å². The van der Waals surface area contributed by atoms with Gasteiger partial charge in [-0.3, -0.25) is 10.3 Å². The van der Waals surface area contributed by atoms with Crippen molar-refractivity contribution < 1.29 is 4.74 Å². The number of rotatable bonds is 8. The van der Waals surface area contributed by atoms with E-state index in [0.717, 1.165) is 52.2 Å². The maximum absolute atomic E-state index is 5.34. The molecule has 0 aliphatic carbocycles. The summed E-state index contributed by atoms with van der Waals surface area (Å²) in [6, 6.07) is 0. The van der Waals surface area contributed by atoms with E-state index < -0.39 is 0 Å². The molecule has 0 amide bonds. The highest BCUT2D eigenvalue weighted by molar-refractivity contribution is 7.80. The largest absolute Gasteiger partial charge is 0.379 e. The Morgan fingerprint density at radius 3 is 2.27 bits per heavy atom. The Balaban J connectivity index is 2.26. The number of morpholine rings is 1. The molecule has 0 bridgehead atoms. The first-order valence-electron chi connectivity index (χ1n) is 8.36. The van der Waals surface area contributed by atoms with E-state index in [9.17, 15) is 0 Å². The van der Waals surface area contributed by atoms with E-state index in [1.54, 1.807) is 0 Å². The molecule has 2 N–H and O–H groups in total. The maximum atomic E-state index is 5.34. The minimum atomic E-state index is 0.610. The average Bonchev–Trinajstić information content (AvgIpc) is 2.45. The molecule has 5 nitrogen and oxygen atoms in total. The summed E-state index contributed by atoms with van der Waals surface area (Å²) in [4.78, 5) is 2.38. The Bertz CT molecular complexity index is 340. The first kappa shape index (κ1) is 19.3. The fourth-order valence-electron chi connectivity index (χ4n) is 2.44. The lowest BCUT2D eigenvalue weighted by molar-refractivity contribution is 0.0389. The highest BCUT2D eigenvalue weighted by Crippen LogP contribution is 2.09. The van der Waals surface area contributed by atoms with Crippen LogP contribution in [0.3, 0.4) is 0 Å². The van der Waals surface area contributed by atoms with Crippen molar-refractivity contribution in [1.29, 1.82) is 0 Å². The molecule has 0 aromatic heterocycles. The molecular formula is C16H32N4OS. The first-order chi connectivity index (χ1) is 10.5. The van der Waals surface area contributed by atoms with Gasteiger partial charge in [-0.05, 0) is 36.9 Å². The summed E-state index contributed by atoms with van der Waals surface area (Å²) in [6.45, 7) is 14.4. The van der Waals surface area contributed by atoms with Crippen LogP contribution in [0, 0.1) is 11.8 Å². The van der Waals surface area contributed by atoms with Crippen molar-refractivity contribution in [2.45, 2.75) is 40.5 Å². The van der Waals surface area contributed by atoms with Crippen LogP contribution in [-0.2, 0) is 4.74 Å². The quantitative estimate of drug-likeness (QED) is 0.406. The Morgan fingerprint density at radius 2 is 1.73 bits per heavy atom. The smallest absolute Gasteiger partial charge is 0.186 e. The summed E-state index contributed by atoms with van der Waals surface area (Å²) in [7, 11) is 0. The molecule has 0 spiro atoms. The molecule has 0 saturated carbocycles. The predicted octanol–water partition coefficient (Wildman–Crippen LogP) is 2.23. The van der Waals surface area contributed by atoms with Crippen LogP contribution in [0.5, 0.6) is 0 Å². The lowest BCUT2D eigenvalue weighted by Gasteiger charge is -2.26. The highest BCUT2D eigenvalue weighted by Gasteiger charge is 2.10. The van der Waals surface area contributed by atoms with Crippen LogP contribution in [0.2, 0.25) is 0 Å². The summed E-state index contributed by atoms with van der Waals surface area (Å²) in [5.74, 6) is 1.23. The zero-order chi connectivity index (χ0) is 16.4. The molecule has 1 heterocycles. The second-order valence-electron chi connectivity index (χ2n) is 6.70. The van der Waals surface area contributed by atoms with Gasteiger partial charge in [-0.1, -0.05) is 27.7 Å². The zero-order valence-corrected chi connectivity index (χ0v) is 15.3. The van der Waals surface area contributed by atoms with Gasteiger partial charge in [0.1, 0.15) is 0 Å². The van der Waals surface area contributed by atoms with Crippen LogP contribution in [0.1, 0.15) is 40.5 Å². The van der Waals surface area contributed by atoms with Crippen molar-refractivity contribution in [3.8, 4) is 0 Å². The molecule has 6 heteroatoms. The molecule has 1 fully saturated rings. The number of ether oxygens (including phenoxy) is 1. The van der Waals surface area contributed by atoms with Gasteiger partial charge in [-0.15, -0.1) is 0 Å². The second kappa shape index (κ2) is 10.9. The molecule has 0 unspecified atom stereocenters. The normalized spacial score (nSPS) is 15.9. The van der Waals surface area contributed by atoms with E-state index in [2.05, 4.69) is 48.4 Å². The Labute approximate surface area is 140 Å². The fraction of sp³-hybridized carbons (Fsp3) is 0.875. The Morgan fingerprint density at radius 1 is 1.14 bits per heavy atom. The lowest BCUT2D eigenvalue weighted by Crippen LogP contribution is -2.43. The third-order valence-corrected chi connectivity index (χ3v) is 3.66. The van der Waals surface area contributed by atoms with Gasteiger partial charge in [0.15, 0.2) is 5.11 Å². The molecule has 0 aromatic carbocycles. The molecular weight excluding hydrogens is 296 g/mol. The molecule has 1 aliphatic heterocycles.